The van der Waals surface area contributed by atoms with Crippen LogP contribution in [0.5, 0.6) is 5.75 Å². The molecule has 1 amide bonds. The van der Waals surface area contributed by atoms with Gasteiger partial charge in [0.25, 0.3) is 5.91 Å². The first-order chi connectivity index (χ1) is 13.6. The summed E-state index contributed by atoms with van der Waals surface area (Å²) in [7, 11) is 0. The second-order valence-electron chi connectivity index (χ2n) is 5.93. The molecule has 28 heavy (non-hydrogen) atoms. The Kier molecular flexibility index (Phi) is 5.96. The second-order valence-corrected chi connectivity index (χ2v) is 5.93. The summed E-state index contributed by atoms with van der Waals surface area (Å²) in [6, 6.07) is 14.2. The van der Waals surface area contributed by atoms with E-state index in [2.05, 4.69) is 20.6 Å². The van der Waals surface area contributed by atoms with Gasteiger partial charge in [-0.25, -0.2) is 9.97 Å². The Morgan fingerprint density at radius 3 is 2.57 bits per heavy atom. The number of nitrogens with one attached hydrogen (secondary N) is 2. The first kappa shape index (κ1) is 19.0. The molecule has 0 aliphatic rings. The molecule has 142 valence electrons. The lowest BCUT2D eigenvalue weighted by molar-refractivity contribution is 0.100. The average molecular weight is 376 g/mol. The lowest BCUT2D eigenvalue weighted by Gasteiger charge is -2.11. The summed E-state index contributed by atoms with van der Waals surface area (Å²) in [6.45, 7) is 3.94. The minimum atomic E-state index is -0.408. The largest absolute Gasteiger partial charge is 0.492 e. The van der Waals surface area contributed by atoms with Crippen molar-refractivity contribution in [1.82, 2.24) is 9.97 Å². The molecule has 0 bridgehead atoms. The second kappa shape index (κ2) is 8.77. The molecule has 0 atom stereocenters. The fourth-order valence-corrected chi connectivity index (χ4v) is 2.51. The van der Waals surface area contributed by atoms with Gasteiger partial charge in [-0.15, -0.1) is 0 Å². The van der Waals surface area contributed by atoms with Crippen molar-refractivity contribution in [3.8, 4) is 5.75 Å². The van der Waals surface area contributed by atoms with Gasteiger partial charge in [0.15, 0.2) is 5.78 Å². The van der Waals surface area contributed by atoms with E-state index in [9.17, 15) is 9.59 Å². The molecule has 0 aliphatic heterocycles. The number of benzene rings is 2. The number of carbonyl (C=O) groups is 2. The summed E-state index contributed by atoms with van der Waals surface area (Å²) >= 11 is 0. The standard InChI is InChI=1S/C21H20N4O3/c1-3-28-19-10-5-4-9-17(19)25-20-13-22-18(12-23-20)21(27)24-16-8-6-7-15(11-16)14(2)26/h4-13H,3H2,1-2H3,(H,23,25)(H,24,27). The summed E-state index contributed by atoms with van der Waals surface area (Å²) in [6.07, 6.45) is 2.86. The summed E-state index contributed by atoms with van der Waals surface area (Å²) in [5.41, 5.74) is 1.97. The molecule has 7 heteroatoms. The molecular formula is C21H20N4O3. The molecule has 0 saturated carbocycles. The molecule has 0 radical (unpaired) electrons. The van der Waals surface area contributed by atoms with Crippen LogP contribution in [-0.4, -0.2) is 28.3 Å². The van der Waals surface area contributed by atoms with E-state index < -0.39 is 5.91 Å². The zero-order valence-electron chi connectivity index (χ0n) is 15.6. The number of Topliss-reactive ketones (excluding diaryl/α,β-unsaturated/α-hetero) is 1. The van der Waals surface area contributed by atoms with Crippen LogP contribution in [0.1, 0.15) is 34.7 Å². The van der Waals surface area contributed by atoms with E-state index in [4.69, 9.17) is 4.74 Å². The normalized spacial score (nSPS) is 10.2. The third-order valence-corrected chi connectivity index (χ3v) is 3.86. The van der Waals surface area contributed by atoms with Crippen molar-refractivity contribution in [2.45, 2.75) is 13.8 Å². The van der Waals surface area contributed by atoms with Crippen LogP contribution in [0.25, 0.3) is 0 Å². The first-order valence-electron chi connectivity index (χ1n) is 8.80. The highest BCUT2D eigenvalue weighted by Gasteiger charge is 2.10. The molecule has 1 heterocycles. The van der Waals surface area contributed by atoms with Gasteiger partial charge in [-0.1, -0.05) is 24.3 Å². The van der Waals surface area contributed by atoms with Crippen LogP contribution in [0, 0.1) is 0 Å². The molecule has 3 rings (SSSR count). The maximum Gasteiger partial charge on any atom is 0.275 e. The molecule has 2 N–H and O–H groups in total. The zero-order valence-corrected chi connectivity index (χ0v) is 15.6. The molecule has 1 aromatic heterocycles. The third-order valence-electron chi connectivity index (χ3n) is 3.86. The van der Waals surface area contributed by atoms with Gasteiger partial charge in [-0.2, -0.15) is 0 Å². The number of carbonyl (C=O) groups excluding carboxylic acids is 2. The Bertz CT molecular complexity index is 987. The number of ether oxygens (including phenoxy) is 1. The molecule has 3 aromatic rings. The lowest BCUT2D eigenvalue weighted by Crippen LogP contribution is -2.14. The van der Waals surface area contributed by atoms with Crippen LogP contribution in [-0.2, 0) is 0 Å². The zero-order chi connectivity index (χ0) is 19.9. The highest BCUT2D eigenvalue weighted by Crippen LogP contribution is 2.26. The summed E-state index contributed by atoms with van der Waals surface area (Å²) < 4.78 is 5.57. The van der Waals surface area contributed by atoms with Crippen molar-refractivity contribution < 1.29 is 14.3 Å². The number of anilines is 3. The minimum Gasteiger partial charge on any atom is -0.492 e. The average Bonchev–Trinajstić information content (AvgIpc) is 2.70. The number of amides is 1. The van der Waals surface area contributed by atoms with Gasteiger partial charge in [0.05, 0.1) is 24.7 Å². The van der Waals surface area contributed by atoms with Crippen LogP contribution in [0.2, 0.25) is 0 Å². The molecule has 7 nitrogen and oxygen atoms in total. The van der Waals surface area contributed by atoms with Crippen molar-refractivity contribution in [3.63, 3.8) is 0 Å². The van der Waals surface area contributed by atoms with Gasteiger partial charge in [-0.05, 0) is 38.1 Å². The Balaban J connectivity index is 1.70. The Hall–Kier alpha value is -3.74. The van der Waals surface area contributed by atoms with Crippen molar-refractivity contribution in [3.05, 3.63) is 72.2 Å². The van der Waals surface area contributed by atoms with E-state index in [0.717, 1.165) is 5.69 Å². The Morgan fingerprint density at radius 1 is 1.04 bits per heavy atom. The van der Waals surface area contributed by atoms with Crippen LogP contribution < -0.4 is 15.4 Å². The van der Waals surface area contributed by atoms with E-state index in [1.54, 1.807) is 24.3 Å². The molecule has 0 aliphatic carbocycles. The van der Waals surface area contributed by atoms with Crippen LogP contribution in [0.15, 0.2) is 60.9 Å². The van der Waals surface area contributed by atoms with Crippen LogP contribution >= 0.6 is 0 Å². The molecular weight excluding hydrogens is 356 g/mol. The van der Waals surface area contributed by atoms with Crippen molar-refractivity contribution >= 4 is 28.9 Å². The number of hydrogen-bond acceptors (Lipinski definition) is 6. The van der Waals surface area contributed by atoms with Gasteiger partial charge < -0.3 is 15.4 Å². The molecule has 0 fully saturated rings. The molecule has 0 saturated heterocycles. The van der Waals surface area contributed by atoms with Crippen LogP contribution in [0.3, 0.4) is 0 Å². The first-order valence-corrected chi connectivity index (χ1v) is 8.80. The van der Waals surface area contributed by atoms with Gasteiger partial charge in [0, 0.05) is 11.3 Å². The predicted octanol–water partition coefficient (Wildman–Crippen LogP) is 4.07. The summed E-state index contributed by atoms with van der Waals surface area (Å²) in [5.74, 6) is 0.717. The molecule has 0 unspecified atom stereocenters. The maximum absolute atomic E-state index is 12.4. The minimum absolute atomic E-state index is 0.0707. The number of ketones is 1. The van der Waals surface area contributed by atoms with Gasteiger partial charge in [-0.3, -0.25) is 9.59 Å². The Labute approximate surface area is 162 Å². The number of hydrogen-bond donors (Lipinski definition) is 2. The van der Waals surface area contributed by atoms with E-state index in [1.807, 2.05) is 31.2 Å². The maximum atomic E-state index is 12.4. The van der Waals surface area contributed by atoms with Crippen molar-refractivity contribution in [2.75, 3.05) is 17.2 Å². The van der Waals surface area contributed by atoms with Gasteiger partial charge in [0.2, 0.25) is 0 Å². The topological polar surface area (TPSA) is 93.2 Å². The quantitative estimate of drug-likeness (QED) is 0.604. The van der Waals surface area contributed by atoms with E-state index in [-0.39, 0.29) is 11.5 Å². The number of para-hydroxylation sites is 2. The third kappa shape index (κ3) is 4.70. The fourth-order valence-electron chi connectivity index (χ4n) is 2.51. The Morgan fingerprint density at radius 2 is 1.86 bits per heavy atom. The highest BCUT2D eigenvalue weighted by atomic mass is 16.5. The number of rotatable bonds is 7. The highest BCUT2D eigenvalue weighted by molar-refractivity contribution is 6.03. The number of nitrogens with zero attached hydrogens (tertiary/aromatic N) is 2. The van der Waals surface area contributed by atoms with Crippen molar-refractivity contribution in [1.29, 1.82) is 0 Å². The smallest absolute Gasteiger partial charge is 0.275 e. The van der Waals surface area contributed by atoms with Crippen molar-refractivity contribution in [2.24, 2.45) is 0 Å². The number of aromatic nitrogens is 2. The van der Waals surface area contributed by atoms with E-state index in [1.165, 1.54) is 19.3 Å². The van der Waals surface area contributed by atoms with Gasteiger partial charge >= 0.3 is 0 Å². The SMILES string of the molecule is CCOc1ccccc1Nc1cnc(C(=O)Nc2cccc(C(C)=O)c2)cn1. The lowest BCUT2D eigenvalue weighted by atomic mass is 10.1. The molecule has 2 aromatic carbocycles. The van der Waals surface area contributed by atoms with Crippen LogP contribution in [0.4, 0.5) is 17.2 Å². The van der Waals surface area contributed by atoms with E-state index >= 15 is 0 Å². The van der Waals surface area contributed by atoms with E-state index in [0.29, 0.717) is 29.4 Å². The summed E-state index contributed by atoms with van der Waals surface area (Å²) in [5, 5.41) is 5.84. The summed E-state index contributed by atoms with van der Waals surface area (Å²) in [4.78, 5) is 32.2. The monoisotopic (exact) mass is 376 g/mol. The molecule has 0 spiro atoms. The fraction of sp³-hybridized carbons (Fsp3) is 0.143. The predicted molar refractivity (Wildman–Crippen MR) is 107 cm³/mol. The van der Waals surface area contributed by atoms with Gasteiger partial charge in [0.1, 0.15) is 17.3 Å².